The maximum absolute atomic E-state index is 12.2. The van der Waals surface area contributed by atoms with E-state index in [4.69, 9.17) is 4.18 Å². The van der Waals surface area contributed by atoms with E-state index in [-0.39, 0.29) is 11.3 Å². The van der Waals surface area contributed by atoms with E-state index in [1.54, 1.807) is 18.2 Å². The summed E-state index contributed by atoms with van der Waals surface area (Å²) in [4.78, 5) is 9.79. The van der Waals surface area contributed by atoms with Gasteiger partial charge in [-0.15, -0.1) is 0 Å². The molecule has 2 aromatic carbocycles. The number of benzene rings is 2. The number of hydrogen-bond acceptors (Lipinski definition) is 5. The fourth-order valence-corrected chi connectivity index (χ4v) is 3.06. The van der Waals surface area contributed by atoms with Gasteiger partial charge in [0.1, 0.15) is 5.75 Å². The third-order valence-corrected chi connectivity index (χ3v) is 4.03. The first-order chi connectivity index (χ1) is 9.42. The van der Waals surface area contributed by atoms with Crippen molar-refractivity contribution in [3.8, 4) is 5.75 Å². The summed E-state index contributed by atoms with van der Waals surface area (Å²) in [6.07, 6.45) is 0. The van der Waals surface area contributed by atoms with Crippen molar-refractivity contribution >= 4 is 15.8 Å². The average Bonchev–Trinajstić information content (AvgIpc) is 2.38. The molecule has 0 saturated carbocycles. The van der Waals surface area contributed by atoms with Gasteiger partial charge in [0.25, 0.3) is 5.69 Å². The van der Waals surface area contributed by atoms with Crippen LogP contribution in [0, 0.1) is 17.0 Å². The van der Waals surface area contributed by atoms with E-state index >= 15 is 0 Å². The highest BCUT2D eigenvalue weighted by atomic mass is 32.2. The highest BCUT2D eigenvalue weighted by Gasteiger charge is 2.29. The number of rotatable bonds is 4. The molecule has 0 aliphatic rings. The Bertz CT molecular complexity index is 741. The number of aryl methyl sites for hydroxylation is 1. The number of para-hydroxylation sites is 1. The Morgan fingerprint density at radius 3 is 2.30 bits per heavy atom. The summed E-state index contributed by atoms with van der Waals surface area (Å²) in [5.74, 6) is 0.102. The van der Waals surface area contributed by atoms with Crippen LogP contribution in [0.3, 0.4) is 0 Å². The first kappa shape index (κ1) is 14.0. The summed E-state index contributed by atoms with van der Waals surface area (Å²) in [5, 5.41) is 11.0. The van der Waals surface area contributed by atoms with Crippen molar-refractivity contribution in [1.29, 1.82) is 0 Å². The van der Waals surface area contributed by atoms with E-state index in [0.717, 1.165) is 6.07 Å². The van der Waals surface area contributed by atoms with Gasteiger partial charge in [-0.25, -0.2) is 0 Å². The summed E-state index contributed by atoms with van der Waals surface area (Å²) < 4.78 is 29.4. The molecule has 20 heavy (non-hydrogen) atoms. The Hall–Kier alpha value is -2.41. The van der Waals surface area contributed by atoms with E-state index in [9.17, 15) is 18.5 Å². The minimum atomic E-state index is -4.26. The molecule has 2 rings (SSSR count). The molecule has 7 heteroatoms. The molecule has 6 nitrogen and oxygen atoms in total. The van der Waals surface area contributed by atoms with Crippen molar-refractivity contribution in [3.63, 3.8) is 0 Å². The highest BCUT2D eigenvalue weighted by molar-refractivity contribution is 7.87. The summed E-state index contributed by atoms with van der Waals surface area (Å²) in [6.45, 7) is 1.48. The van der Waals surface area contributed by atoms with Crippen LogP contribution in [0.15, 0.2) is 53.4 Å². The Kier molecular flexibility index (Phi) is 3.71. The third kappa shape index (κ3) is 2.77. The van der Waals surface area contributed by atoms with E-state index in [0.29, 0.717) is 0 Å². The molecule has 0 atom stereocenters. The standard InChI is InChI=1S/C13H11NO5S/c1-10-6-5-9-12(14(15)16)13(10)20(17,18)19-11-7-3-2-4-8-11/h2-9H,1H3. The molecule has 0 aliphatic heterocycles. The number of nitro groups is 1. The van der Waals surface area contributed by atoms with Crippen molar-refractivity contribution < 1.29 is 17.5 Å². The van der Waals surface area contributed by atoms with Gasteiger partial charge in [-0.3, -0.25) is 10.1 Å². The molecule has 0 aromatic heterocycles. The maximum Gasteiger partial charge on any atom is 0.346 e. The van der Waals surface area contributed by atoms with Gasteiger partial charge in [0.2, 0.25) is 0 Å². The molecule has 0 fully saturated rings. The van der Waals surface area contributed by atoms with E-state index < -0.39 is 25.6 Å². The molecule has 0 unspecified atom stereocenters. The van der Waals surface area contributed by atoms with Gasteiger partial charge in [-0.2, -0.15) is 8.42 Å². The largest absolute Gasteiger partial charge is 0.379 e. The maximum atomic E-state index is 12.2. The molecular formula is C13H11NO5S. The second-order valence-electron chi connectivity index (χ2n) is 4.03. The fraction of sp³-hybridized carbons (Fsp3) is 0.0769. The Balaban J connectivity index is 2.53. The predicted molar refractivity (Wildman–Crippen MR) is 72.1 cm³/mol. The molecule has 0 spiro atoms. The lowest BCUT2D eigenvalue weighted by atomic mass is 10.2. The topological polar surface area (TPSA) is 86.5 Å². The van der Waals surface area contributed by atoms with Gasteiger partial charge in [-0.1, -0.05) is 30.3 Å². The van der Waals surface area contributed by atoms with Gasteiger partial charge < -0.3 is 4.18 Å². The van der Waals surface area contributed by atoms with Gasteiger partial charge in [0.05, 0.1) is 4.92 Å². The van der Waals surface area contributed by atoms with Crippen LogP contribution in [0.1, 0.15) is 5.56 Å². The normalized spacial score (nSPS) is 11.1. The Morgan fingerprint density at radius 1 is 1.05 bits per heavy atom. The van der Waals surface area contributed by atoms with Gasteiger partial charge in [0.15, 0.2) is 4.90 Å². The number of nitro benzene ring substituents is 1. The van der Waals surface area contributed by atoms with E-state index in [2.05, 4.69) is 0 Å². The monoisotopic (exact) mass is 293 g/mol. The van der Waals surface area contributed by atoms with Crippen LogP contribution in [0.2, 0.25) is 0 Å². The van der Waals surface area contributed by atoms with Crippen LogP contribution in [-0.4, -0.2) is 13.3 Å². The summed E-state index contributed by atoms with van der Waals surface area (Å²) in [6, 6.07) is 11.9. The van der Waals surface area contributed by atoms with Gasteiger partial charge in [0, 0.05) is 6.07 Å². The zero-order valence-corrected chi connectivity index (χ0v) is 11.3. The second kappa shape index (κ2) is 5.30. The van der Waals surface area contributed by atoms with Crippen molar-refractivity contribution in [1.82, 2.24) is 0 Å². The first-order valence-corrected chi connectivity index (χ1v) is 7.06. The van der Waals surface area contributed by atoms with Crippen LogP contribution in [0.25, 0.3) is 0 Å². The molecule has 0 radical (unpaired) electrons. The molecule has 0 heterocycles. The SMILES string of the molecule is Cc1cccc([N+](=O)[O-])c1S(=O)(=O)Oc1ccccc1. The van der Waals surface area contributed by atoms with E-state index in [1.807, 2.05) is 0 Å². The third-order valence-electron chi connectivity index (χ3n) is 2.59. The average molecular weight is 293 g/mol. The fourth-order valence-electron chi connectivity index (χ4n) is 1.75. The highest BCUT2D eigenvalue weighted by Crippen LogP contribution is 2.29. The Labute approximate surface area is 115 Å². The van der Waals surface area contributed by atoms with Crippen LogP contribution in [-0.2, 0) is 10.1 Å². The quantitative estimate of drug-likeness (QED) is 0.491. The van der Waals surface area contributed by atoms with Gasteiger partial charge >= 0.3 is 10.1 Å². The zero-order valence-electron chi connectivity index (χ0n) is 10.5. The lowest BCUT2D eigenvalue weighted by Gasteiger charge is -2.09. The van der Waals surface area contributed by atoms with Crippen molar-refractivity contribution in [2.45, 2.75) is 11.8 Å². The van der Waals surface area contributed by atoms with E-state index in [1.165, 1.54) is 31.2 Å². The van der Waals surface area contributed by atoms with Crippen LogP contribution in [0.4, 0.5) is 5.69 Å². The first-order valence-electron chi connectivity index (χ1n) is 5.65. The van der Waals surface area contributed by atoms with Crippen molar-refractivity contribution in [3.05, 3.63) is 64.2 Å². The van der Waals surface area contributed by atoms with Gasteiger partial charge in [-0.05, 0) is 24.6 Å². The molecule has 0 bridgehead atoms. The summed E-state index contributed by atoms with van der Waals surface area (Å²) in [5.41, 5.74) is -0.240. The smallest absolute Gasteiger partial charge is 0.346 e. The summed E-state index contributed by atoms with van der Waals surface area (Å²) in [7, 11) is -4.26. The van der Waals surface area contributed by atoms with Crippen molar-refractivity contribution in [2.24, 2.45) is 0 Å². The minimum Gasteiger partial charge on any atom is -0.379 e. The zero-order chi connectivity index (χ0) is 14.8. The lowest BCUT2D eigenvalue weighted by molar-refractivity contribution is -0.388. The second-order valence-corrected chi connectivity index (χ2v) is 5.51. The Morgan fingerprint density at radius 2 is 1.70 bits per heavy atom. The van der Waals surface area contributed by atoms with Crippen molar-refractivity contribution in [2.75, 3.05) is 0 Å². The molecule has 0 saturated heterocycles. The molecular weight excluding hydrogens is 282 g/mol. The predicted octanol–water partition coefficient (Wildman–Crippen LogP) is 2.67. The summed E-state index contributed by atoms with van der Waals surface area (Å²) >= 11 is 0. The van der Waals surface area contributed by atoms with Crippen LogP contribution in [0.5, 0.6) is 5.75 Å². The number of hydrogen-bond donors (Lipinski definition) is 0. The molecule has 2 aromatic rings. The number of nitrogens with zero attached hydrogens (tertiary/aromatic N) is 1. The molecule has 104 valence electrons. The minimum absolute atomic E-state index is 0.102. The molecule has 0 amide bonds. The molecule has 0 aliphatic carbocycles. The van der Waals surface area contributed by atoms with Crippen LogP contribution >= 0.6 is 0 Å². The van der Waals surface area contributed by atoms with Crippen LogP contribution < -0.4 is 4.18 Å². The lowest BCUT2D eigenvalue weighted by Crippen LogP contribution is -2.13. The molecule has 0 N–H and O–H groups in total.